The SMILES string of the molecule is COc1ccc(SCC(=O)N[C@@H](C)CCc2ccccc2)cc1OC. The smallest absolute Gasteiger partial charge is 0.230 e. The molecule has 2 aromatic rings. The topological polar surface area (TPSA) is 47.6 Å². The molecule has 0 spiro atoms. The van der Waals surface area contributed by atoms with Gasteiger partial charge in [0, 0.05) is 10.9 Å². The van der Waals surface area contributed by atoms with Gasteiger partial charge in [0.15, 0.2) is 11.5 Å². The quantitative estimate of drug-likeness (QED) is 0.689. The number of carbonyl (C=O) groups excluding carboxylic acids is 1. The van der Waals surface area contributed by atoms with Crippen LogP contribution in [-0.2, 0) is 11.2 Å². The molecular formula is C20H25NO3S. The van der Waals surface area contributed by atoms with E-state index in [1.807, 2.05) is 43.3 Å². The molecule has 0 aromatic heterocycles. The first-order valence-corrected chi connectivity index (χ1v) is 9.29. The average molecular weight is 359 g/mol. The average Bonchev–Trinajstić information content (AvgIpc) is 2.65. The van der Waals surface area contributed by atoms with Crippen molar-refractivity contribution in [3.63, 3.8) is 0 Å². The molecule has 134 valence electrons. The predicted octanol–water partition coefficient (Wildman–Crippen LogP) is 3.93. The van der Waals surface area contributed by atoms with Gasteiger partial charge in [0.25, 0.3) is 0 Å². The predicted molar refractivity (Wildman–Crippen MR) is 103 cm³/mol. The molecule has 5 heteroatoms. The van der Waals surface area contributed by atoms with Crippen molar-refractivity contribution < 1.29 is 14.3 Å². The van der Waals surface area contributed by atoms with E-state index in [-0.39, 0.29) is 11.9 Å². The molecule has 1 amide bonds. The lowest BCUT2D eigenvalue weighted by molar-refractivity contribution is -0.119. The molecule has 0 saturated carbocycles. The number of amides is 1. The van der Waals surface area contributed by atoms with Crippen molar-refractivity contribution in [3.05, 3.63) is 54.1 Å². The Hall–Kier alpha value is -2.14. The Morgan fingerprint density at radius 3 is 2.48 bits per heavy atom. The van der Waals surface area contributed by atoms with Crippen molar-refractivity contribution in [3.8, 4) is 11.5 Å². The van der Waals surface area contributed by atoms with Crippen molar-refractivity contribution in [1.82, 2.24) is 5.32 Å². The number of nitrogens with one attached hydrogen (secondary N) is 1. The van der Waals surface area contributed by atoms with Crippen LogP contribution < -0.4 is 14.8 Å². The van der Waals surface area contributed by atoms with Gasteiger partial charge in [0.05, 0.1) is 20.0 Å². The summed E-state index contributed by atoms with van der Waals surface area (Å²) in [4.78, 5) is 13.1. The standard InChI is InChI=1S/C20H25NO3S/c1-15(9-10-16-7-5-4-6-8-16)21-20(22)14-25-17-11-12-18(23-2)19(13-17)24-3/h4-8,11-13,15H,9-10,14H2,1-3H3,(H,21,22)/t15-/m0/s1. The second kappa shape index (κ2) is 9.99. The van der Waals surface area contributed by atoms with Gasteiger partial charge in [-0.2, -0.15) is 0 Å². The van der Waals surface area contributed by atoms with Crippen molar-refractivity contribution in [2.75, 3.05) is 20.0 Å². The van der Waals surface area contributed by atoms with Crippen LogP contribution in [0.1, 0.15) is 18.9 Å². The van der Waals surface area contributed by atoms with Crippen LogP contribution in [0.4, 0.5) is 0 Å². The van der Waals surface area contributed by atoms with Crippen molar-refractivity contribution in [2.24, 2.45) is 0 Å². The van der Waals surface area contributed by atoms with Crippen molar-refractivity contribution in [1.29, 1.82) is 0 Å². The van der Waals surface area contributed by atoms with Gasteiger partial charge in [-0.3, -0.25) is 4.79 Å². The Balaban J connectivity index is 1.76. The lowest BCUT2D eigenvalue weighted by Gasteiger charge is -2.14. The third-order valence-corrected chi connectivity index (χ3v) is 4.83. The Bertz CT molecular complexity index is 676. The first-order chi connectivity index (χ1) is 12.1. The maximum absolute atomic E-state index is 12.1. The molecule has 0 aliphatic heterocycles. The molecule has 0 aliphatic rings. The summed E-state index contributed by atoms with van der Waals surface area (Å²) in [6.07, 6.45) is 1.89. The minimum atomic E-state index is 0.0420. The summed E-state index contributed by atoms with van der Waals surface area (Å²) in [5, 5.41) is 3.06. The molecule has 1 N–H and O–H groups in total. The number of methoxy groups -OCH3 is 2. The molecule has 1 atom stereocenters. The largest absolute Gasteiger partial charge is 0.493 e. The summed E-state index contributed by atoms with van der Waals surface area (Å²) in [5.41, 5.74) is 1.29. The molecule has 0 heterocycles. The van der Waals surface area contributed by atoms with E-state index in [9.17, 15) is 4.79 Å². The second-order valence-electron chi connectivity index (χ2n) is 5.80. The Morgan fingerprint density at radius 1 is 1.08 bits per heavy atom. The van der Waals surface area contributed by atoms with E-state index in [0.29, 0.717) is 17.3 Å². The van der Waals surface area contributed by atoms with Crippen LogP contribution in [0.5, 0.6) is 11.5 Å². The zero-order valence-corrected chi connectivity index (χ0v) is 15.8. The molecule has 2 aromatic carbocycles. The molecule has 0 fully saturated rings. The first kappa shape index (κ1) is 19.2. The zero-order valence-electron chi connectivity index (χ0n) is 15.0. The number of rotatable bonds is 9. The zero-order chi connectivity index (χ0) is 18.1. The molecular weight excluding hydrogens is 334 g/mol. The van der Waals surface area contributed by atoms with Crippen LogP contribution in [0.25, 0.3) is 0 Å². The van der Waals surface area contributed by atoms with Gasteiger partial charge in [0.1, 0.15) is 0 Å². The lowest BCUT2D eigenvalue weighted by Crippen LogP contribution is -2.34. The number of aryl methyl sites for hydroxylation is 1. The molecule has 0 saturated heterocycles. The minimum Gasteiger partial charge on any atom is -0.493 e. The highest BCUT2D eigenvalue weighted by molar-refractivity contribution is 8.00. The minimum absolute atomic E-state index is 0.0420. The number of carbonyl (C=O) groups is 1. The number of thioether (sulfide) groups is 1. The van der Waals surface area contributed by atoms with Crippen LogP contribution in [0.3, 0.4) is 0 Å². The first-order valence-electron chi connectivity index (χ1n) is 8.30. The van der Waals surface area contributed by atoms with E-state index in [4.69, 9.17) is 9.47 Å². The van der Waals surface area contributed by atoms with Crippen LogP contribution in [0.15, 0.2) is 53.4 Å². The van der Waals surface area contributed by atoms with Gasteiger partial charge in [0.2, 0.25) is 5.91 Å². The fourth-order valence-electron chi connectivity index (χ4n) is 2.47. The number of ether oxygens (including phenoxy) is 2. The highest BCUT2D eigenvalue weighted by Crippen LogP contribution is 2.31. The van der Waals surface area contributed by atoms with Crippen molar-refractivity contribution >= 4 is 17.7 Å². The third kappa shape index (κ3) is 6.35. The summed E-state index contributed by atoms with van der Waals surface area (Å²) in [6.45, 7) is 2.04. The maximum Gasteiger partial charge on any atom is 0.230 e. The van der Waals surface area contributed by atoms with Crippen LogP contribution >= 0.6 is 11.8 Å². The van der Waals surface area contributed by atoms with E-state index in [1.165, 1.54) is 17.3 Å². The Morgan fingerprint density at radius 2 is 1.80 bits per heavy atom. The molecule has 0 radical (unpaired) electrons. The molecule has 2 rings (SSSR count). The maximum atomic E-state index is 12.1. The monoisotopic (exact) mass is 359 g/mol. The van der Waals surface area contributed by atoms with Gasteiger partial charge in [-0.1, -0.05) is 30.3 Å². The summed E-state index contributed by atoms with van der Waals surface area (Å²) >= 11 is 1.49. The van der Waals surface area contributed by atoms with E-state index in [2.05, 4.69) is 17.4 Å². The number of hydrogen-bond acceptors (Lipinski definition) is 4. The molecule has 0 aliphatic carbocycles. The summed E-state index contributed by atoms with van der Waals surface area (Å²) in [5.74, 6) is 1.78. The highest BCUT2D eigenvalue weighted by atomic mass is 32.2. The second-order valence-corrected chi connectivity index (χ2v) is 6.85. The number of hydrogen-bond donors (Lipinski definition) is 1. The number of benzene rings is 2. The van der Waals surface area contributed by atoms with Crippen LogP contribution in [0, 0.1) is 0 Å². The van der Waals surface area contributed by atoms with Crippen LogP contribution in [-0.4, -0.2) is 31.9 Å². The van der Waals surface area contributed by atoms with Gasteiger partial charge in [-0.05, 0) is 43.5 Å². The van der Waals surface area contributed by atoms with E-state index in [0.717, 1.165) is 17.7 Å². The van der Waals surface area contributed by atoms with E-state index in [1.54, 1.807) is 14.2 Å². The molecule has 4 nitrogen and oxygen atoms in total. The Labute approximate surface area is 153 Å². The molecule has 25 heavy (non-hydrogen) atoms. The third-order valence-electron chi connectivity index (χ3n) is 3.84. The highest BCUT2D eigenvalue weighted by Gasteiger charge is 2.10. The van der Waals surface area contributed by atoms with Gasteiger partial charge < -0.3 is 14.8 Å². The fourth-order valence-corrected chi connectivity index (χ4v) is 3.21. The van der Waals surface area contributed by atoms with Gasteiger partial charge in [-0.25, -0.2) is 0 Å². The molecule has 0 unspecified atom stereocenters. The summed E-state index contributed by atoms with van der Waals surface area (Å²) < 4.78 is 10.5. The van der Waals surface area contributed by atoms with Gasteiger partial charge >= 0.3 is 0 Å². The lowest BCUT2D eigenvalue weighted by atomic mass is 10.1. The molecule has 0 bridgehead atoms. The van der Waals surface area contributed by atoms with E-state index < -0.39 is 0 Å². The van der Waals surface area contributed by atoms with E-state index >= 15 is 0 Å². The fraction of sp³-hybridized carbons (Fsp3) is 0.350. The van der Waals surface area contributed by atoms with Crippen LogP contribution in [0.2, 0.25) is 0 Å². The Kier molecular flexibility index (Phi) is 7.67. The van der Waals surface area contributed by atoms with Crippen molar-refractivity contribution in [2.45, 2.75) is 30.7 Å². The normalized spacial score (nSPS) is 11.6. The summed E-state index contributed by atoms with van der Waals surface area (Å²) in [7, 11) is 3.21. The summed E-state index contributed by atoms with van der Waals surface area (Å²) in [6, 6.07) is 16.1. The van der Waals surface area contributed by atoms with Gasteiger partial charge in [-0.15, -0.1) is 11.8 Å².